The van der Waals surface area contributed by atoms with Crippen molar-refractivity contribution >= 4 is 46.1 Å². The Kier molecular flexibility index (Phi) is 9.38. The van der Waals surface area contributed by atoms with Gasteiger partial charge in [-0.1, -0.05) is 23.7 Å². The van der Waals surface area contributed by atoms with Crippen LogP contribution in [0.4, 0.5) is 10.2 Å². The Morgan fingerprint density at radius 3 is 2.45 bits per heavy atom. The number of thioether (sulfide) groups is 1. The van der Waals surface area contributed by atoms with E-state index in [0.29, 0.717) is 48.3 Å². The summed E-state index contributed by atoms with van der Waals surface area (Å²) in [6.07, 6.45) is 1.50. The highest BCUT2D eigenvalue weighted by atomic mass is 35.5. The SMILES string of the molecule is COc1cc2ncnc(NCc3ccc(OC)c(OC)c3-c3ccc(F)c(Cl)c3)c2cc1SC1CN(OC(=O)C(C)(C)C)C1. The highest BCUT2D eigenvalue weighted by molar-refractivity contribution is 8.00. The Morgan fingerprint density at radius 1 is 1.05 bits per heavy atom. The zero-order valence-electron chi connectivity index (χ0n) is 25.4. The molecule has 0 amide bonds. The van der Waals surface area contributed by atoms with Crippen LogP contribution in [0.2, 0.25) is 5.02 Å². The monoisotopic (exact) mass is 640 g/mol. The molecule has 4 aromatic rings. The number of carbonyl (C=O) groups excluding carboxylic acids is 1. The number of hydrogen-bond donors (Lipinski definition) is 1. The number of carbonyl (C=O) groups is 1. The van der Waals surface area contributed by atoms with Crippen LogP contribution < -0.4 is 19.5 Å². The number of halogens is 2. The number of methoxy groups -OCH3 is 3. The fourth-order valence-electron chi connectivity index (χ4n) is 4.70. The number of ether oxygens (including phenoxy) is 3. The second kappa shape index (κ2) is 13.1. The van der Waals surface area contributed by atoms with E-state index < -0.39 is 11.2 Å². The third-order valence-electron chi connectivity index (χ3n) is 7.14. The second-order valence-electron chi connectivity index (χ2n) is 11.3. The molecule has 0 atom stereocenters. The number of anilines is 1. The number of hydroxylamine groups is 2. The summed E-state index contributed by atoms with van der Waals surface area (Å²) < 4.78 is 31.0. The fraction of sp³-hybridized carbons (Fsp3) is 0.344. The van der Waals surface area contributed by atoms with Crippen LogP contribution in [0.5, 0.6) is 17.2 Å². The summed E-state index contributed by atoms with van der Waals surface area (Å²) in [6.45, 7) is 7.08. The Hall–Kier alpha value is -3.80. The molecule has 3 aromatic carbocycles. The van der Waals surface area contributed by atoms with Gasteiger partial charge in [0.2, 0.25) is 0 Å². The van der Waals surface area contributed by atoms with Gasteiger partial charge in [0.05, 0.1) is 42.2 Å². The summed E-state index contributed by atoms with van der Waals surface area (Å²) in [6, 6.07) is 12.2. The largest absolute Gasteiger partial charge is 0.496 e. The van der Waals surface area contributed by atoms with Crippen LogP contribution in [0, 0.1) is 11.2 Å². The molecule has 9 nitrogen and oxygen atoms in total. The molecule has 0 spiro atoms. The van der Waals surface area contributed by atoms with Crippen LogP contribution in [0.3, 0.4) is 0 Å². The maximum atomic E-state index is 14.0. The lowest BCUT2D eigenvalue weighted by molar-refractivity contribution is -0.214. The van der Waals surface area contributed by atoms with Crippen molar-refractivity contribution in [3.8, 4) is 28.4 Å². The summed E-state index contributed by atoms with van der Waals surface area (Å²) in [4.78, 5) is 27.7. The molecule has 12 heteroatoms. The van der Waals surface area contributed by atoms with Gasteiger partial charge in [0.25, 0.3) is 0 Å². The molecule has 1 aliphatic heterocycles. The Morgan fingerprint density at radius 2 is 1.80 bits per heavy atom. The Labute approximate surface area is 265 Å². The van der Waals surface area contributed by atoms with Gasteiger partial charge < -0.3 is 24.4 Å². The molecule has 0 radical (unpaired) electrons. The summed E-state index contributed by atoms with van der Waals surface area (Å²) in [5, 5.41) is 6.17. The summed E-state index contributed by atoms with van der Waals surface area (Å²) in [7, 11) is 4.75. The van der Waals surface area contributed by atoms with Crippen molar-refractivity contribution in [1.29, 1.82) is 0 Å². The van der Waals surface area contributed by atoms with Crippen LogP contribution in [-0.4, -0.2) is 60.7 Å². The molecule has 2 heterocycles. The van der Waals surface area contributed by atoms with Crippen molar-refractivity contribution in [3.63, 3.8) is 0 Å². The molecule has 232 valence electrons. The predicted octanol–water partition coefficient (Wildman–Crippen LogP) is 7.01. The maximum absolute atomic E-state index is 14.0. The average Bonchev–Trinajstić information content (AvgIpc) is 2.98. The van der Waals surface area contributed by atoms with Gasteiger partial charge >= 0.3 is 5.97 Å². The lowest BCUT2D eigenvalue weighted by atomic mass is 9.97. The van der Waals surface area contributed by atoms with E-state index in [9.17, 15) is 9.18 Å². The summed E-state index contributed by atoms with van der Waals surface area (Å²) in [5.41, 5.74) is 2.42. The lowest BCUT2D eigenvalue weighted by Gasteiger charge is -2.38. The number of nitrogens with one attached hydrogen (secondary N) is 1. The summed E-state index contributed by atoms with van der Waals surface area (Å²) in [5.74, 6) is 1.62. The molecule has 0 saturated carbocycles. The molecule has 1 aromatic heterocycles. The smallest absolute Gasteiger partial charge is 0.330 e. The van der Waals surface area contributed by atoms with Crippen LogP contribution >= 0.6 is 23.4 Å². The van der Waals surface area contributed by atoms with Gasteiger partial charge in [-0.05, 0) is 56.2 Å². The Bertz CT molecular complexity index is 1690. The first-order valence-electron chi connectivity index (χ1n) is 13.9. The van der Waals surface area contributed by atoms with Crippen LogP contribution in [-0.2, 0) is 16.2 Å². The van der Waals surface area contributed by atoms with Gasteiger partial charge in [0, 0.05) is 41.9 Å². The first-order valence-corrected chi connectivity index (χ1v) is 15.2. The van der Waals surface area contributed by atoms with Gasteiger partial charge in [-0.15, -0.1) is 16.8 Å². The van der Waals surface area contributed by atoms with E-state index in [0.717, 1.165) is 26.9 Å². The molecule has 0 unspecified atom stereocenters. The van der Waals surface area contributed by atoms with E-state index in [2.05, 4.69) is 15.3 Å². The van der Waals surface area contributed by atoms with E-state index in [-0.39, 0.29) is 16.2 Å². The van der Waals surface area contributed by atoms with Crippen molar-refractivity contribution in [3.05, 3.63) is 65.2 Å². The van der Waals surface area contributed by atoms with Crippen molar-refractivity contribution < 1.29 is 28.2 Å². The third-order valence-corrected chi connectivity index (χ3v) is 8.63. The molecular weight excluding hydrogens is 607 g/mol. The van der Waals surface area contributed by atoms with Gasteiger partial charge in [-0.2, -0.15) is 0 Å². The third kappa shape index (κ3) is 6.64. The van der Waals surface area contributed by atoms with Gasteiger partial charge in [0.1, 0.15) is 23.7 Å². The number of benzene rings is 3. The van der Waals surface area contributed by atoms with Crippen LogP contribution in [0.15, 0.2) is 53.7 Å². The minimum atomic E-state index is -0.563. The normalized spacial score (nSPS) is 13.8. The highest BCUT2D eigenvalue weighted by Gasteiger charge is 2.34. The average molecular weight is 641 g/mol. The number of hydrogen-bond acceptors (Lipinski definition) is 10. The van der Waals surface area contributed by atoms with Crippen molar-refractivity contribution in [2.24, 2.45) is 5.41 Å². The van der Waals surface area contributed by atoms with E-state index in [4.69, 9.17) is 30.6 Å². The second-order valence-corrected chi connectivity index (χ2v) is 13.0. The van der Waals surface area contributed by atoms with E-state index >= 15 is 0 Å². The summed E-state index contributed by atoms with van der Waals surface area (Å²) >= 11 is 7.80. The molecule has 44 heavy (non-hydrogen) atoms. The van der Waals surface area contributed by atoms with Gasteiger partial charge in [0.15, 0.2) is 11.5 Å². The zero-order valence-corrected chi connectivity index (χ0v) is 26.9. The molecule has 1 fully saturated rings. The zero-order chi connectivity index (χ0) is 31.6. The first-order chi connectivity index (χ1) is 21.0. The topological polar surface area (TPSA) is 95.0 Å². The fourth-order valence-corrected chi connectivity index (χ4v) is 6.17. The minimum absolute atomic E-state index is 0.00833. The van der Waals surface area contributed by atoms with Crippen LogP contribution in [0.1, 0.15) is 26.3 Å². The van der Waals surface area contributed by atoms with Crippen molar-refractivity contribution in [1.82, 2.24) is 15.0 Å². The number of nitrogens with zero attached hydrogens (tertiary/aromatic N) is 3. The predicted molar refractivity (Wildman–Crippen MR) is 170 cm³/mol. The minimum Gasteiger partial charge on any atom is -0.496 e. The molecule has 5 rings (SSSR count). The number of rotatable bonds is 10. The molecule has 0 aliphatic carbocycles. The van der Waals surface area contributed by atoms with Gasteiger partial charge in [-0.25, -0.2) is 19.2 Å². The standard InChI is InChI=1S/C32H34ClFN4O5S/c1-32(2,3)31(39)43-38-15-20(16-38)44-27-12-21-24(13-26(27)41-5)36-17-37-30(21)35-14-19-8-10-25(40-4)29(42-6)28(19)18-7-9-23(34)22(33)11-18/h7-13,17,20H,14-16H2,1-6H3,(H,35,36,37). The van der Waals surface area contributed by atoms with Crippen LogP contribution in [0.25, 0.3) is 22.0 Å². The number of aromatic nitrogens is 2. The highest BCUT2D eigenvalue weighted by Crippen LogP contribution is 2.43. The van der Waals surface area contributed by atoms with Crippen molar-refractivity contribution in [2.45, 2.75) is 37.5 Å². The first kappa shape index (κ1) is 31.6. The molecule has 1 saturated heterocycles. The maximum Gasteiger partial charge on any atom is 0.330 e. The molecular formula is C32H34ClFN4O5S. The van der Waals surface area contributed by atoms with E-state index in [1.165, 1.54) is 12.4 Å². The van der Waals surface area contributed by atoms with E-state index in [1.54, 1.807) is 50.3 Å². The van der Waals surface area contributed by atoms with E-state index in [1.807, 2.05) is 45.0 Å². The molecule has 1 aliphatic rings. The molecule has 0 bridgehead atoms. The quantitative estimate of drug-likeness (QED) is 0.195. The molecule has 1 N–H and O–H groups in total. The number of fused-ring (bicyclic) bond motifs is 1. The van der Waals surface area contributed by atoms with Gasteiger partial charge in [-0.3, -0.25) is 0 Å². The lowest BCUT2D eigenvalue weighted by Crippen LogP contribution is -2.50. The van der Waals surface area contributed by atoms with Crippen molar-refractivity contribution in [2.75, 3.05) is 39.7 Å². The Balaban J connectivity index is 1.41.